The topological polar surface area (TPSA) is 0 Å². The average molecular weight is 905 g/mol. The summed E-state index contributed by atoms with van der Waals surface area (Å²) in [6, 6.07) is 44.2. The maximum absolute atomic E-state index is 6.90. The van der Waals surface area contributed by atoms with Crippen molar-refractivity contribution in [3.63, 3.8) is 0 Å². The summed E-state index contributed by atoms with van der Waals surface area (Å²) in [6.07, 6.45) is 6.04. The SMILES string of the molecule is [Cl][Au]=[P](CCCCC[P](=[Au][Cl])(c1ccccc1)c1ccccc1)(c1ccccc1)c1ccccc1. The van der Waals surface area contributed by atoms with Gasteiger partial charge in [0.15, 0.2) is 0 Å². The number of rotatable bonds is 10. The first kappa shape index (κ1) is 27.8. The van der Waals surface area contributed by atoms with Crippen LogP contribution in [-0.4, -0.2) is 12.3 Å². The van der Waals surface area contributed by atoms with E-state index in [0.29, 0.717) is 0 Å². The van der Waals surface area contributed by atoms with Crippen LogP contribution in [0, 0.1) is 0 Å². The van der Waals surface area contributed by atoms with Gasteiger partial charge in [0.2, 0.25) is 0 Å². The molecule has 0 nitrogen and oxygen atoms in total. The molecule has 0 heterocycles. The first-order chi connectivity index (χ1) is 17.2. The summed E-state index contributed by atoms with van der Waals surface area (Å²) >= 11 is -0.636. The van der Waals surface area contributed by atoms with Gasteiger partial charge in [0.1, 0.15) is 0 Å². The van der Waals surface area contributed by atoms with Crippen LogP contribution >= 0.6 is 27.8 Å². The van der Waals surface area contributed by atoms with Crippen molar-refractivity contribution in [1.29, 1.82) is 0 Å². The molecule has 0 saturated carbocycles. The van der Waals surface area contributed by atoms with Gasteiger partial charge in [-0.05, 0) is 0 Å². The fourth-order valence-electron chi connectivity index (χ4n) is 4.41. The molecule has 0 radical (unpaired) electrons. The number of hydrogen-bond acceptors (Lipinski definition) is 0. The van der Waals surface area contributed by atoms with Gasteiger partial charge < -0.3 is 0 Å². The van der Waals surface area contributed by atoms with Crippen LogP contribution in [0.3, 0.4) is 0 Å². The summed E-state index contributed by atoms with van der Waals surface area (Å²) in [4.78, 5) is 0. The standard InChI is InChI=1S/C29H30P2.2Au.2ClH/c1-6-16-26(17-7-1)30(27-18-8-2-9-19-27)24-14-5-15-25-31(28-20-10-3-11-21-28)29-22-12-4-13-23-29;;;;/h1-4,6-13,16-23H,5,14-15,24-25H2;;;2*1H/q;2*+1;;/p-2. The summed E-state index contributed by atoms with van der Waals surface area (Å²) in [6.45, 7) is 0. The zero-order chi connectivity index (χ0) is 24.4. The number of hydrogen-bond donors (Lipinski definition) is 0. The van der Waals surface area contributed by atoms with Crippen molar-refractivity contribution in [2.75, 3.05) is 12.3 Å². The minimum atomic E-state index is -1.53. The van der Waals surface area contributed by atoms with Crippen LogP contribution in [-0.2, 0) is 35.3 Å². The van der Waals surface area contributed by atoms with E-state index in [4.69, 9.17) is 18.4 Å². The van der Waals surface area contributed by atoms with E-state index in [1.165, 1.54) is 52.8 Å². The molecule has 192 valence electrons. The van der Waals surface area contributed by atoms with E-state index in [-0.39, 0.29) is 35.3 Å². The van der Waals surface area contributed by atoms with Gasteiger partial charge in [0, 0.05) is 0 Å². The van der Waals surface area contributed by atoms with Crippen LogP contribution in [0.15, 0.2) is 121 Å². The Bertz CT molecular complexity index is 1110. The van der Waals surface area contributed by atoms with Crippen LogP contribution in [0.4, 0.5) is 0 Å². The monoisotopic (exact) mass is 904 g/mol. The van der Waals surface area contributed by atoms with Crippen LogP contribution in [0.2, 0.25) is 0 Å². The first-order valence-corrected chi connectivity index (χ1v) is 26.4. The molecule has 0 unspecified atom stereocenters. The number of halogens is 2. The van der Waals surface area contributed by atoms with Crippen LogP contribution in [0.5, 0.6) is 0 Å². The van der Waals surface area contributed by atoms with Crippen molar-refractivity contribution < 1.29 is 35.3 Å². The van der Waals surface area contributed by atoms with E-state index >= 15 is 0 Å². The molecule has 0 N–H and O–H groups in total. The molecule has 0 bridgehead atoms. The Morgan fingerprint density at radius 1 is 0.400 bits per heavy atom. The molecule has 0 aliphatic rings. The minimum absolute atomic E-state index is 0.318. The molecular formula is C29H30Au2Cl2P2. The first-order valence-electron chi connectivity index (χ1n) is 11.7. The average Bonchev–Trinajstić information content (AvgIpc) is 2.95. The summed E-state index contributed by atoms with van der Waals surface area (Å²) in [5, 5.41) is 5.85. The second-order valence-corrected chi connectivity index (χ2v) is 31.2. The molecule has 35 heavy (non-hydrogen) atoms. The Balaban J connectivity index is 1.53. The molecule has 0 aromatic heterocycles. The fourth-order valence-corrected chi connectivity index (χ4v) is 28.0. The molecule has 4 rings (SSSR count). The Hall–Kier alpha value is -0.199. The molecule has 0 saturated heterocycles. The quantitative estimate of drug-likeness (QED) is 0.0867. The second kappa shape index (κ2) is 14.1. The van der Waals surface area contributed by atoms with Gasteiger partial charge in [-0.25, -0.2) is 0 Å². The Kier molecular flexibility index (Phi) is 11.2. The van der Waals surface area contributed by atoms with E-state index < -0.39 is 9.38 Å². The van der Waals surface area contributed by atoms with Crippen molar-refractivity contribution in [1.82, 2.24) is 0 Å². The van der Waals surface area contributed by atoms with Gasteiger partial charge >= 0.3 is 237 Å². The van der Waals surface area contributed by atoms with Gasteiger partial charge in [-0.3, -0.25) is 0 Å². The van der Waals surface area contributed by atoms with Crippen molar-refractivity contribution in [3.05, 3.63) is 121 Å². The summed E-state index contributed by atoms with van der Waals surface area (Å²) in [5.41, 5.74) is 0. The summed E-state index contributed by atoms with van der Waals surface area (Å²) in [5.74, 6) is 0. The van der Waals surface area contributed by atoms with E-state index in [9.17, 15) is 0 Å². The van der Waals surface area contributed by atoms with Crippen LogP contribution in [0.1, 0.15) is 19.3 Å². The Morgan fingerprint density at radius 3 is 0.886 bits per heavy atom. The molecule has 0 aliphatic carbocycles. The van der Waals surface area contributed by atoms with Gasteiger partial charge in [0.25, 0.3) is 0 Å². The third-order valence-corrected chi connectivity index (χ3v) is 34.5. The zero-order valence-corrected chi connectivity index (χ0v) is 27.0. The number of unbranched alkanes of at least 4 members (excludes halogenated alkanes) is 2. The van der Waals surface area contributed by atoms with Crippen LogP contribution < -0.4 is 21.2 Å². The van der Waals surface area contributed by atoms with E-state index in [0.717, 1.165) is 0 Å². The summed E-state index contributed by atoms with van der Waals surface area (Å²) in [7, 11) is 13.8. The van der Waals surface area contributed by atoms with Gasteiger partial charge in [0.05, 0.1) is 0 Å². The van der Waals surface area contributed by atoms with Gasteiger partial charge in [-0.15, -0.1) is 0 Å². The molecular weight excluding hydrogens is 875 g/mol. The Morgan fingerprint density at radius 2 is 0.657 bits per heavy atom. The molecule has 0 spiro atoms. The fraction of sp³-hybridized carbons (Fsp3) is 0.172. The van der Waals surface area contributed by atoms with E-state index in [1.807, 2.05) is 0 Å². The molecule has 0 fully saturated rings. The summed E-state index contributed by atoms with van der Waals surface area (Å²) < 4.78 is -3.07. The predicted octanol–water partition coefficient (Wildman–Crippen LogP) is 7.80. The normalized spacial score (nSPS) is 12.2. The van der Waals surface area contributed by atoms with E-state index in [1.54, 1.807) is 0 Å². The van der Waals surface area contributed by atoms with E-state index in [2.05, 4.69) is 121 Å². The third kappa shape index (κ3) is 6.63. The van der Waals surface area contributed by atoms with Crippen molar-refractivity contribution in [2.24, 2.45) is 0 Å². The molecule has 0 amide bonds. The Labute approximate surface area is 235 Å². The second-order valence-electron chi connectivity index (χ2n) is 8.27. The molecule has 4 aromatic rings. The van der Waals surface area contributed by atoms with Crippen molar-refractivity contribution >= 4 is 49.0 Å². The number of benzene rings is 4. The van der Waals surface area contributed by atoms with Crippen molar-refractivity contribution in [2.45, 2.75) is 19.3 Å². The van der Waals surface area contributed by atoms with Crippen molar-refractivity contribution in [3.8, 4) is 0 Å². The predicted molar refractivity (Wildman–Crippen MR) is 153 cm³/mol. The molecule has 4 aromatic carbocycles. The van der Waals surface area contributed by atoms with Gasteiger partial charge in [-0.1, -0.05) is 0 Å². The molecule has 0 atom stereocenters. The third-order valence-electron chi connectivity index (χ3n) is 6.16. The molecule has 0 aliphatic heterocycles. The zero-order valence-electron chi connectivity index (χ0n) is 19.3. The van der Waals surface area contributed by atoms with Crippen LogP contribution in [0.25, 0.3) is 0 Å². The molecule has 6 heteroatoms. The maximum atomic E-state index is 6.90. The van der Waals surface area contributed by atoms with Gasteiger partial charge in [-0.2, -0.15) is 0 Å².